The van der Waals surface area contributed by atoms with Crippen LogP contribution in [0.3, 0.4) is 0 Å². The standard InChI is InChI=1S/C15H21ClN2O3/c1-10-13(7-8-21-10)18-14(19)17-9-15(2,20)11-5-3-4-6-12(11)16/h3-6,10,13,20H,7-9H2,1-2H3,(H2,17,18,19)/t10-,13-,15+/m0/s1. The van der Waals surface area contributed by atoms with E-state index in [0.717, 1.165) is 6.42 Å². The summed E-state index contributed by atoms with van der Waals surface area (Å²) in [7, 11) is 0. The number of hydrogen-bond acceptors (Lipinski definition) is 3. The second-order valence-corrected chi connectivity index (χ2v) is 5.96. The first kappa shape index (κ1) is 16.1. The molecule has 0 aliphatic carbocycles. The van der Waals surface area contributed by atoms with Gasteiger partial charge in [0.2, 0.25) is 0 Å². The molecule has 1 aliphatic heterocycles. The Hall–Kier alpha value is -1.30. The van der Waals surface area contributed by atoms with Crippen LogP contribution in [0.15, 0.2) is 24.3 Å². The van der Waals surface area contributed by atoms with E-state index in [1.807, 2.05) is 6.92 Å². The zero-order valence-electron chi connectivity index (χ0n) is 12.2. The maximum absolute atomic E-state index is 11.9. The van der Waals surface area contributed by atoms with Crippen molar-refractivity contribution in [3.05, 3.63) is 34.9 Å². The molecule has 1 aromatic rings. The lowest BCUT2D eigenvalue weighted by Gasteiger charge is -2.26. The van der Waals surface area contributed by atoms with E-state index in [4.69, 9.17) is 16.3 Å². The van der Waals surface area contributed by atoms with Crippen LogP contribution >= 0.6 is 11.6 Å². The van der Waals surface area contributed by atoms with Crippen molar-refractivity contribution in [2.24, 2.45) is 0 Å². The molecule has 0 unspecified atom stereocenters. The third-order valence-electron chi connectivity index (χ3n) is 3.74. The summed E-state index contributed by atoms with van der Waals surface area (Å²) in [6, 6.07) is 6.74. The molecule has 0 radical (unpaired) electrons. The number of ether oxygens (including phenoxy) is 1. The molecule has 2 amide bonds. The van der Waals surface area contributed by atoms with Gasteiger partial charge >= 0.3 is 6.03 Å². The fourth-order valence-corrected chi connectivity index (χ4v) is 2.73. The highest BCUT2D eigenvalue weighted by Crippen LogP contribution is 2.27. The lowest BCUT2D eigenvalue weighted by atomic mass is 9.96. The predicted octanol–water partition coefficient (Wildman–Crippen LogP) is 2.02. The second-order valence-electron chi connectivity index (χ2n) is 5.55. The van der Waals surface area contributed by atoms with Crippen LogP contribution in [0.2, 0.25) is 5.02 Å². The molecule has 1 fully saturated rings. The molecular formula is C15H21ClN2O3. The van der Waals surface area contributed by atoms with E-state index in [9.17, 15) is 9.90 Å². The minimum absolute atomic E-state index is 0.00950. The molecule has 5 nitrogen and oxygen atoms in total. The maximum atomic E-state index is 11.9. The molecule has 0 bridgehead atoms. The molecule has 116 valence electrons. The summed E-state index contributed by atoms with van der Waals surface area (Å²) < 4.78 is 5.39. The molecule has 0 aromatic heterocycles. The van der Waals surface area contributed by atoms with E-state index in [2.05, 4.69) is 10.6 Å². The minimum Gasteiger partial charge on any atom is -0.384 e. The Morgan fingerprint density at radius 2 is 2.24 bits per heavy atom. The van der Waals surface area contributed by atoms with Crippen LogP contribution in [0.1, 0.15) is 25.8 Å². The van der Waals surface area contributed by atoms with Crippen LogP contribution in [0.4, 0.5) is 4.79 Å². The second kappa shape index (κ2) is 6.64. The van der Waals surface area contributed by atoms with Gasteiger partial charge in [0.1, 0.15) is 5.60 Å². The smallest absolute Gasteiger partial charge is 0.315 e. The Bertz CT molecular complexity index is 507. The molecule has 21 heavy (non-hydrogen) atoms. The highest BCUT2D eigenvalue weighted by molar-refractivity contribution is 6.31. The lowest BCUT2D eigenvalue weighted by molar-refractivity contribution is 0.0591. The van der Waals surface area contributed by atoms with Crippen molar-refractivity contribution < 1.29 is 14.6 Å². The van der Waals surface area contributed by atoms with Crippen LogP contribution in [0.25, 0.3) is 0 Å². The molecule has 6 heteroatoms. The average molecular weight is 313 g/mol. The van der Waals surface area contributed by atoms with Crippen molar-refractivity contribution in [3.63, 3.8) is 0 Å². The van der Waals surface area contributed by atoms with Gasteiger partial charge in [0.25, 0.3) is 0 Å². The van der Waals surface area contributed by atoms with E-state index in [-0.39, 0.29) is 24.7 Å². The number of urea groups is 1. The van der Waals surface area contributed by atoms with Crippen molar-refractivity contribution in [1.82, 2.24) is 10.6 Å². The van der Waals surface area contributed by atoms with E-state index >= 15 is 0 Å². The third kappa shape index (κ3) is 4.09. The van der Waals surface area contributed by atoms with Gasteiger partial charge in [-0.2, -0.15) is 0 Å². The first-order valence-electron chi connectivity index (χ1n) is 7.03. The van der Waals surface area contributed by atoms with Gasteiger partial charge < -0.3 is 20.5 Å². The van der Waals surface area contributed by atoms with Crippen LogP contribution in [-0.4, -0.2) is 36.4 Å². The number of hydrogen-bond donors (Lipinski definition) is 3. The fraction of sp³-hybridized carbons (Fsp3) is 0.533. The van der Waals surface area contributed by atoms with E-state index in [1.165, 1.54) is 0 Å². The van der Waals surface area contributed by atoms with Crippen molar-refractivity contribution in [1.29, 1.82) is 0 Å². The Morgan fingerprint density at radius 1 is 1.52 bits per heavy atom. The molecule has 2 rings (SSSR count). The number of halogens is 1. The largest absolute Gasteiger partial charge is 0.384 e. The van der Waals surface area contributed by atoms with Gasteiger partial charge in [0.05, 0.1) is 18.7 Å². The monoisotopic (exact) mass is 312 g/mol. The molecule has 1 aliphatic rings. The average Bonchev–Trinajstić information content (AvgIpc) is 2.82. The van der Waals surface area contributed by atoms with E-state index < -0.39 is 5.60 Å². The van der Waals surface area contributed by atoms with E-state index in [1.54, 1.807) is 31.2 Å². The summed E-state index contributed by atoms with van der Waals surface area (Å²) in [5.41, 5.74) is -0.641. The lowest BCUT2D eigenvalue weighted by Crippen LogP contribution is -2.48. The zero-order chi connectivity index (χ0) is 15.5. The van der Waals surface area contributed by atoms with Gasteiger partial charge in [0.15, 0.2) is 0 Å². The number of carbonyl (C=O) groups excluding carboxylic acids is 1. The fourth-order valence-electron chi connectivity index (χ4n) is 2.39. The molecule has 1 heterocycles. The number of nitrogens with one attached hydrogen (secondary N) is 2. The van der Waals surface area contributed by atoms with Crippen LogP contribution in [0, 0.1) is 0 Å². The van der Waals surface area contributed by atoms with Gasteiger partial charge in [-0.1, -0.05) is 29.8 Å². The Labute approximate surface area is 129 Å². The van der Waals surface area contributed by atoms with Gasteiger partial charge in [0, 0.05) is 17.2 Å². The Morgan fingerprint density at radius 3 is 2.86 bits per heavy atom. The highest BCUT2D eigenvalue weighted by atomic mass is 35.5. The van der Waals surface area contributed by atoms with Gasteiger partial charge in [-0.15, -0.1) is 0 Å². The SMILES string of the molecule is C[C@@H]1OCC[C@@H]1NC(=O)NC[C@@](C)(O)c1ccccc1Cl. The molecule has 1 aromatic carbocycles. The van der Waals surface area contributed by atoms with Crippen molar-refractivity contribution in [3.8, 4) is 0 Å². The summed E-state index contributed by atoms with van der Waals surface area (Å²) in [6.07, 6.45) is 0.815. The first-order chi connectivity index (χ1) is 9.90. The number of aliphatic hydroxyl groups is 1. The molecule has 1 saturated heterocycles. The first-order valence-corrected chi connectivity index (χ1v) is 7.41. The predicted molar refractivity (Wildman–Crippen MR) is 81.4 cm³/mol. The maximum Gasteiger partial charge on any atom is 0.315 e. The number of carbonyl (C=O) groups is 1. The Kier molecular flexibility index (Phi) is 5.08. The van der Waals surface area contributed by atoms with Gasteiger partial charge in [-0.25, -0.2) is 4.79 Å². The highest BCUT2D eigenvalue weighted by Gasteiger charge is 2.28. The number of rotatable bonds is 4. The van der Waals surface area contributed by atoms with Gasteiger partial charge in [-0.3, -0.25) is 0 Å². The van der Waals surface area contributed by atoms with Crippen LogP contribution < -0.4 is 10.6 Å². The van der Waals surface area contributed by atoms with Crippen LogP contribution in [-0.2, 0) is 10.3 Å². The summed E-state index contributed by atoms with van der Waals surface area (Å²) in [5.74, 6) is 0. The van der Waals surface area contributed by atoms with Gasteiger partial charge in [-0.05, 0) is 26.3 Å². The molecule has 0 spiro atoms. The summed E-state index contributed by atoms with van der Waals surface area (Å²) in [5, 5.41) is 16.5. The van der Waals surface area contributed by atoms with Crippen molar-refractivity contribution >= 4 is 17.6 Å². The molecule has 3 N–H and O–H groups in total. The van der Waals surface area contributed by atoms with Crippen molar-refractivity contribution in [2.75, 3.05) is 13.2 Å². The summed E-state index contributed by atoms with van der Waals surface area (Å²) >= 11 is 6.08. The zero-order valence-corrected chi connectivity index (χ0v) is 13.0. The normalized spacial score (nSPS) is 24.4. The quantitative estimate of drug-likeness (QED) is 0.796. The summed E-state index contributed by atoms with van der Waals surface area (Å²) in [4.78, 5) is 11.9. The number of amides is 2. The topological polar surface area (TPSA) is 70.6 Å². The van der Waals surface area contributed by atoms with E-state index in [0.29, 0.717) is 17.2 Å². The van der Waals surface area contributed by atoms with Crippen LogP contribution in [0.5, 0.6) is 0 Å². The number of benzene rings is 1. The summed E-state index contributed by atoms with van der Waals surface area (Å²) in [6.45, 7) is 4.28. The third-order valence-corrected chi connectivity index (χ3v) is 4.07. The molecular weight excluding hydrogens is 292 g/mol. The van der Waals surface area contributed by atoms with Crippen molar-refractivity contribution in [2.45, 2.75) is 38.0 Å². The molecule has 3 atom stereocenters. The minimum atomic E-state index is -1.23. The Balaban J connectivity index is 1.89. The molecule has 0 saturated carbocycles.